The van der Waals surface area contributed by atoms with Crippen molar-refractivity contribution in [1.29, 1.82) is 0 Å². The quantitative estimate of drug-likeness (QED) is 0.369. The van der Waals surface area contributed by atoms with Crippen LogP contribution in [0.3, 0.4) is 0 Å². The van der Waals surface area contributed by atoms with E-state index in [1.165, 1.54) is 6.07 Å². The second-order valence-corrected chi connectivity index (χ2v) is 10.4. The second-order valence-electron chi connectivity index (χ2n) is 10.4. The SMILES string of the molecule is Cc1ccc2cc(-c3nc(Nc4ccc(N5CCN(C(=O)OC(C)(C)C)CC5)cn4)ncc3F)cc(F)c2n1. The number of aromatic nitrogens is 4. The highest BCUT2D eigenvalue weighted by Gasteiger charge is 2.26. The number of piperazine rings is 1. The highest BCUT2D eigenvalue weighted by molar-refractivity contribution is 5.84. The van der Waals surface area contributed by atoms with Crippen molar-refractivity contribution in [2.45, 2.75) is 33.3 Å². The molecule has 4 heterocycles. The van der Waals surface area contributed by atoms with Crippen LogP contribution in [0.25, 0.3) is 22.2 Å². The van der Waals surface area contributed by atoms with Crippen molar-refractivity contribution in [3.8, 4) is 11.3 Å². The zero-order valence-electron chi connectivity index (χ0n) is 22.2. The zero-order chi connectivity index (χ0) is 27.7. The minimum absolute atomic E-state index is 0.0339. The van der Waals surface area contributed by atoms with Gasteiger partial charge in [0.05, 0.1) is 18.1 Å². The number of hydrogen-bond donors (Lipinski definition) is 1. The average Bonchev–Trinajstić information content (AvgIpc) is 2.90. The number of carbonyl (C=O) groups is 1. The third kappa shape index (κ3) is 6.02. The van der Waals surface area contributed by atoms with Crippen LogP contribution in [0.4, 0.5) is 31.0 Å². The van der Waals surface area contributed by atoms with Gasteiger partial charge in [0, 0.05) is 42.8 Å². The van der Waals surface area contributed by atoms with Crippen molar-refractivity contribution in [3.05, 3.63) is 66.1 Å². The van der Waals surface area contributed by atoms with Gasteiger partial charge in [-0.2, -0.15) is 0 Å². The smallest absolute Gasteiger partial charge is 0.410 e. The Morgan fingerprint density at radius 1 is 0.949 bits per heavy atom. The molecular weight excluding hydrogens is 504 g/mol. The minimum atomic E-state index is -0.673. The first kappa shape index (κ1) is 26.2. The summed E-state index contributed by atoms with van der Waals surface area (Å²) in [5, 5.41) is 3.53. The molecule has 0 bridgehead atoms. The summed E-state index contributed by atoms with van der Waals surface area (Å²) in [6.07, 6.45) is 2.44. The van der Waals surface area contributed by atoms with Gasteiger partial charge in [0.2, 0.25) is 5.95 Å². The lowest BCUT2D eigenvalue weighted by Crippen LogP contribution is -2.50. The molecule has 4 aromatic rings. The van der Waals surface area contributed by atoms with Crippen molar-refractivity contribution in [1.82, 2.24) is 24.8 Å². The van der Waals surface area contributed by atoms with Crippen LogP contribution in [0.1, 0.15) is 26.5 Å². The number of pyridine rings is 2. The second kappa shape index (κ2) is 10.4. The first-order chi connectivity index (χ1) is 18.6. The number of amides is 1. The Labute approximate surface area is 224 Å². The normalized spacial score (nSPS) is 14.0. The number of anilines is 3. The fourth-order valence-corrected chi connectivity index (χ4v) is 4.29. The molecule has 0 spiro atoms. The van der Waals surface area contributed by atoms with Crippen molar-refractivity contribution in [2.75, 3.05) is 36.4 Å². The van der Waals surface area contributed by atoms with E-state index in [1.54, 1.807) is 42.3 Å². The number of nitrogens with zero attached hydrogens (tertiary/aromatic N) is 6. The molecule has 1 aliphatic rings. The van der Waals surface area contributed by atoms with Crippen molar-refractivity contribution in [2.24, 2.45) is 0 Å². The molecule has 1 fully saturated rings. The van der Waals surface area contributed by atoms with Crippen LogP contribution in [-0.4, -0.2) is 62.7 Å². The Balaban J connectivity index is 1.27. The van der Waals surface area contributed by atoms with Crippen LogP contribution in [-0.2, 0) is 4.74 Å². The molecule has 0 unspecified atom stereocenters. The van der Waals surface area contributed by atoms with Crippen molar-refractivity contribution >= 4 is 34.4 Å². The third-order valence-electron chi connectivity index (χ3n) is 6.19. The van der Waals surface area contributed by atoms with Crippen LogP contribution in [0.5, 0.6) is 0 Å². The van der Waals surface area contributed by atoms with E-state index in [9.17, 15) is 13.6 Å². The predicted molar refractivity (Wildman–Crippen MR) is 145 cm³/mol. The summed E-state index contributed by atoms with van der Waals surface area (Å²) >= 11 is 0. The molecule has 1 aliphatic heterocycles. The summed E-state index contributed by atoms with van der Waals surface area (Å²) in [4.78, 5) is 33.1. The highest BCUT2D eigenvalue weighted by atomic mass is 19.1. The maximum atomic E-state index is 14.7. The molecule has 11 heteroatoms. The predicted octanol–water partition coefficient (Wildman–Crippen LogP) is 5.47. The maximum absolute atomic E-state index is 14.7. The van der Waals surface area contributed by atoms with E-state index < -0.39 is 17.2 Å². The Hall–Kier alpha value is -4.41. The van der Waals surface area contributed by atoms with Gasteiger partial charge in [-0.1, -0.05) is 6.07 Å². The standard InChI is InChI=1S/C28H29F2N7O2/c1-17-5-6-18-13-19(14-21(29)24(18)33-17)25-22(30)16-32-26(35-25)34-23-8-7-20(15-31-23)36-9-11-37(12-10-36)27(38)39-28(2,3)4/h5-8,13-16H,9-12H2,1-4H3,(H,31,32,34,35). The molecule has 202 valence electrons. The number of benzene rings is 1. The van der Waals surface area contributed by atoms with E-state index in [0.29, 0.717) is 43.1 Å². The summed E-state index contributed by atoms with van der Waals surface area (Å²) in [6.45, 7) is 9.72. The Morgan fingerprint density at radius 3 is 2.41 bits per heavy atom. The molecule has 0 radical (unpaired) electrons. The van der Waals surface area contributed by atoms with Crippen molar-refractivity contribution < 1.29 is 18.3 Å². The van der Waals surface area contributed by atoms with Gasteiger partial charge in [-0.15, -0.1) is 0 Å². The Bertz CT molecular complexity index is 1520. The van der Waals surface area contributed by atoms with Crippen LogP contribution in [0.15, 0.2) is 48.8 Å². The van der Waals surface area contributed by atoms with Crippen LogP contribution >= 0.6 is 0 Å². The monoisotopic (exact) mass is 533 g/mol. The molecule has 0 saturated carbocycles. The van der Waals surface area contributed by atoms with E-state index in [0.717, 1.165) is 11.9 Å². The van der Waals surface area contributed by atoms with Crippen LogP contribution < -0.4 is 10.2 Å². The van der Waals surface area contributed by atoms with Gasteiger partial charge < -0.3 is 19.9 Å². The summed E-state index contributed by atoms with van der Waals surface area (Å²) in [5.74, 6) is -0.635. The number of rotatable bonds is 4. The summed E-state index contributed by atoms with van der Waals surface area (Å²) in [6, 6.07) is 10.0. The maximum Gasteiger partial charge on any atom is 0.410 e. The van der Waals surface area contributed by atoms with Gasteiger partial charge in [-0.3, -0.25) is 4.98 Å². The first-order valence-corrected chi connectivity index (χ1v) is 12.6. The lowest BCUT2D eigenvalue weighted by atomic mass is 10.1. The van der Waals surface area contributed by atoms with Crippen LogP contribution in [0.2, 0.25) is 0 Å². The van der Waals surface area contributed by atoms with E-state index >= 15 is 0 Å². The zero-order valence-corrected chi connectivity index (χ0v) is 22.2. The van der Waals surface area contributed by atoms with E-state index in [4.69, 9.17) is 4.74 Å². The van der Waals surface area contributed by atoms with Gasteiger partial charge in [0.25, 0.3) is 0 Å². The van der Waals surface area contributed by atoms with Gasteiger partial charge in [0.1, 0.15) is 28.4 Å². The molecule has 1 aromatic carbocycles. The molecular formula is C28H29F2N7O2. The average molecular weight is 534 g/mol. The number of hydrogen-bond acceptors (Lipinski definition) is 8. The summed E-state index contributed by atoms with van der Waals surface area (Å²) in [5.41, 5.74) is 1.53. The van der Waals surface area contributed by atoms with Crippen molar-refractivity contribution in [3.63, 3.8) is 0 Å². The number of halogens is 2. The molecule has 1 N–H and O–H groups in total. The molecule has 0 aliphatic carbocycles. The van der Waals surface area contributed by atoms with E-state index in [2.05, 4.69) is 30.2 Å². The van der Waals surface area contributed by atoms with E-state index in [-0.39, 0.29) is 28.8 Å². The van der Waals surface area contributed by atoms with Gasteiger partial charge in [0.15, 0.2) is 5.82 Å². The highest BCUT2D eigenvalue weighted by Crippen LogP contribution is 2.28. The minimum Gasteiger partial charge on any atom is -0.444 e. The Kier molecular flexibility index (Phi) is 6.98. The molecule has 1 amide bonds. The lowest BCUT2D eigenvalue weighted by Gasteiger charge is -2.36. The number of ether oxygens (including phenoxy) is 1. The molecule has 5 rings (SSSR count). The number of fused-ring (bicyclic) bond motifs is 1. The fourth-order valence-electron chi connectivity index (χ4n) is 4.29. The van der Waals surface area contributed by atoms with E-state index in [1.807, 2.05) is 26.8 Å². The molecule has 0 atom stereocenters. The molecule has 39 heavy (non-hydrogen) atoms. The summed E-state index contributed by atoms with van der Waals surface area (Å²) in [7, 11) is 0. The Morgan fingerprint density at radius 2 is 1.72 bits per heavy atom. The largest absolute Gasteiger partial charge is 0.444 e. The van der Waals surface area contributed by atoms with Gasteiger partial charge >= 0.3 is 6.09 Å². The molecule has 3 aromatic heterocycles. The molecule has 1 saturated heterocycles. The summed E-state index contributed by atoms with van der Waals surface area (Å²) < 4.78 is 34.8. The topological polar surface area (TPSA) is 96.4 Å². The fraction of sp³-hybridized carbons (Fsp3) is 0.321. The van der Waals surface area contributed by atoms with Crippen LogP contribution in [0, 0.1) is 18.6 Å². The van der Waals surface area contributed by atoms with Gasteiger partial charge in [-0.05, 0) is 58.0 Å². The molecule has 9 nitrogen and oxygen atoms in total. The first-order valence-electron chi connectivity index (χ1n) is 12.6. The van der Waals surface area contributed by atoms with Gasteiger partial charge in [-0.25, -0.2) is 28.5 Å². The number of nitrogens with one attached hydrogen (secondary N) is 1. The third-order valence-corrected chi connectivity index (χ3v) is 6.19. The lowest BCUT2D eigenvalue weighted by molar-refractivity contribution is 0.0240. The number of aryl methyl sites for hydroxylation is 1. The number of carbonyl (C=O) groups excluding carboxylic acids is 1.